The fourth-order valence-corrected chi connectivity index (χ4v) is 2.29. The molecule has 1 aromatic rings. The molecule has 0 heterocycles. The van der Waals surface area contributed by atoms with E-state index in [9.17, 15) is 0 Å². The quantitative estimate of drug-likeness (QED) is 0.715. The third kappa shape index (κ3) is 4.51. The van der Waals surface area contributed by atoms with Gasteiger partial charge in [0.1, 0.15) is 0 Å². The Morgan fingerprint density at radius 2 is 2.00 bits per heavy atom. The van der Waals surface area contributed by atoms with Gasteiger partial charge in [-0.15, -0.1) is 0 Å². The van der Waals surface area contributed by atoms with Gasteiger partial charge in [-0.05, 0) is 25.1 Å². The highest BCUT2D eigenvalue weighted by Gasteiger charge is 2.10. The summed E-state index contributed by atoms with van der Waals surface area (Å²) in [5.74, 6) is 0. The largest absolute Gasteiger partial charge is 0.374 e. The molecular formula is C15H25ClN2. The van der Waals surface area contributed by atoms with E-state index >= 15 is 0 Å². The number of hydrogen-bond donors (Lipinski definition) is 1. The van der Waals surface area contributed by atoms with Crippen molar-refractivity contribution in [3.05, 3.63) is 28.8 Å². The predicted molar refractivity (Wildman–Crippen MR) is 81.6 cm³/mol. The summed E-state index contributed by atoms with van der Waals surface area (Å²) in [6.07, 6.45) is 3.78. The summed E-state index contributed by atoms with van der Waals surface area (Å²) in [4.78, 5) is 2.31. The Bertz CT molecular complexity index is 352. The van der Waals surface area contributed by atoms with E-state index in [0.717, 1.165) is 24.7 Å². The number of unbranched alkanes of at least 4 members (excludes halogenated alkanes) is 2. The third-order valence-electron chi connectivity index (χ3n) is 3.15. The molecular weight excluding hydrogens is 244 g/mol. The monoisotopic (exact) mass is 268 g/mol. The van der Waals surface area contributed by atoms with Crippen molar-refractivity contribution in [2.45, 2.75) is 39.7 Å². The van der Waals surface area contributed by atoms with E-state index < -0.39 is 0 Å². The van der Waals surface area contributed by atoms with Crippen LogP contribution < -0.4 is 10.2 Å². The van der Waals surface area contributed by atoms with E-state index in [0.29, 0.717) is 0 Å². The van der Waals surface area contributed by atoms with Crippen molar-refractivity contribution in [1.82, 2.24) is 5.32 Å². The van der Waals surface area contributed by atoms with Crippen LogP contribution in [0.3, 0.4) is 0 Å². The molecule has 1 rings (SSSR count). The van der Waals surface area contributed by atoms with Gasteiger partial charge in [0.15, 0.2) is 0 Å². The highest BCUT2D eigenvalue weighted by atomic mass is 35.5. The Balaban J connectivity index is 2.75. The fraction of sp³-hybridized carbons (Fsp3) is 0.600. The van der Waals surface area contributed by atoms with Crippen molar-refractivity contribution in [2.75, 3.05) is 25.0 Å². The van der Waals surface area contributed by atoms with E-state index in [4.69, 9.17) is 11.6 Å². The van der Waals surface area contributed by atoms with Crippen molar-refractivity contribution >= 4 is 17.3 Å². The van der Waals surface area contributed by atoms with Gasteiger partial charge in [0, 0.05) is 36.4 Å². The summed E-state index contributed by atoms with van der Waals surface area (Å²) < 4.78 is 0. The highest BCUT2D eigenvalue weighted by molar-refractivity contribution is 6.31. The van der Waals surface area contributed by atoms with Crippen molar-refractivity contribution in [2.24, 2.45) is 0 Å². The molecule has 0 spiro atoms. The molecule has 0 unspecified atom stereocenters. The Kier molecular flexibility index (Phi) is 7.14. The van der Waals surface area contributed by atoms with Crippen molar-refractivity contribution < 1.29 is 0 Å². The summed E-state index contributed by atoms with van der Waals surface area (Å²) in [6, 6.07) is 6.16. The van der Waals surface area contributed by atoms with Gasteiger partial charge in [-0.1, -0.05) is 44.4 Å². The molecule has 0 atom stereocenters. The van der Waals surface area contributed by atoms with Crippen LogP contribution in [0.1, 0.15) is 38.7 Å². The lowest BCUT2D eigenvalue weighted by atomic mass is 10.1. The Morgan fingerprint density at radius 3 is 2.67 bits per heavy atom. The highest BCUT2D eigenvalue weighted by Crippen LogP contribution is 2.27. The lowest BCUT2D eigenvalue weighted by Crippen LogP contribution is -2.22. The van der Waals surface area contributed by atoms with Gasteiger partial charge in [0.25, 0.3) is 0 Å². The molecule has 18 heavy (non-hydrogen) atoms. The van der Waals surface area contributed by atoms with Crippen LogP contribution in [0.25, 0.3) is 0 Å². The molecule has 0 saturated carbocycles. The first-order valence-electron chi connectivity index (χ1n) is 6.89. The van der Waals surface area contributed by atoms with Crippen LogP contribution in [-0.4, -0.2) is 20.1 Å². The summed E-state index contributed by atoms with van der Waals surface area (Å²) >= 11 is 6.30. The van der Waals surface area contributed by atoms with E-state index in [-0.39, 0.29) is 0 Å². The van der Waals surface area contributed by atoms with Gasteiger partial charge in [0.2, 0.25) is 0 Å². The van der Waals surface area contributed by atoms with Crippen LogP contribution in [0.5, 0.6) is 0 Å². The molecule has 102 valence electrons. The minimum Gasteiger partial charge on any atom is -0.374 e. The fourth-order valence-electron chi connectivity index (χ4n) is 2.05. The van der Waals surface area contributed by atoms with Crippen molar-refractivity contribution in [3.63, 3.8) is 0 Å². The summed E-state index contributed by atoms with van der Waals surface area (Å²) in [6.45, 7) is 7.23. The first-order chi connectivity index (χ1) is 8.70. The van der Waals surface area contributed by atoms with Crippen molar-refractivity contribution in [3.8, 4) is 0 Å². The molecule has 2 nitrogen and oxygen atoms in total. The summed E-state index contributed by atoms with van der Waals surface area (Å²) in [7, 11) is 2.15. The second-order valence-electron chi connectivity index (χ2n) is 4.65. The molecule has 0 aliphatic rings. The molecule has 0 radical (unpaired) electrons. The second-order valence-corrected chi connectivity index (χ2v) is 5.05. The molecule has 1 aromatic carbocycles. The number of benzene rings is 1. The van der Waals surface area contributed by atoms with Crippen LogP contribution in [0.4, 0.5) is 5.69 Å². The van der Waals surface area contributed by atoms with Crippen LogP contribution in [-0.2, 0) is 6.54 Å². The average molecular weight is 269 g/mol. The summed E-state index contributed by atoms with van der Waals surface area (Å²) in [5.41, 5.74) is 2.46. The molecule has 0 aliphatic heterocycles. The van der Waals surface area contributed by atoms with Crippen LogP contribution in [0, 0.1) is 0 Å². The molecule has 3 heteroatoms. The zero-order valence-electron chi connectivity index (χ0n) is 11.8. The van der Waals surface area contributed by atoms with Gasteiger partial charge in [0.05, 0.1) is 0 Å². The zero-order valence-corrected chi connectivity index (χ0v) is 12.6. The predicted octanol–water partition coefficient (Wildman–Crippen LogP) is 4.08. The number of rotatable bonds is 8. The van der Waals surface area contributed by atoms with Crippen LogP contribution in [0.2, 0.25) is 5.02 Å². The van der Waals surface area contributed by atoms with Gasteiger partial charge >= 0.3 is 0 Å². The first-order valence-corrected chi connectivity index (χ1v) is 7.27. The molecule has 0 amide bonds. The number of hydrogen-bond acceptors (Lipinski definition) is 2. The first kappa shape index (κ1) is 15.3. The smallest absolute Gasteiger partial charge is 0.0471 e. The number of nitrogens with zero attached hydrogens (tertiary/aromatic N) is 1. The lowest BCUT2D eigenvalue weighted by molar-refractivity contribution is 0.695. The Hall–Kier alpha value is -0.730. The minimum absolute atomic E-state index is 0.837. The maximum atomic E-state index is 6.30. The van der Waals surface area contributed by atoms with E-state index in [2.05, 4.69) is 37.2 Å². The van der Waals surface area contributed by atoms with Crippen LogP contribution in [0.15, 0.2) is 18.2 Å². The van der Waals surface area contributed by atoms with E-state index in [1.54, 1.807) is 0 Å². The van der Waals surface area contributed by atoms with E-state index in [1.165, 1.54) is 30.5 Å². The molecule has 0 saturated heterocycles. The molecule has 0 aromatic heterocycles. The normalized spacial score (nSPS) is 10.7. The molecule has 1 N–H and O–H groups in total. The van der Waals surface area contributed by atoms with Gasteiger partial charge < -0.3 is 10.2 Å². The maximum Gasteiger partial charge on any atom is 0.0471 e. The maximum absolute atomic E-state index is 6.30. The molecule has 0 bridgehead atoms. The Morgan fingerprint density at radius 1 is 1.22 bits per heavy atom. The third-order valence-corrected chi connectivity index (χ3v) is 3.51. The number of anilines is 1. The second kappa shape index (κ2) is 8.39. The zero-order chi connectivity index (χ0) is 13.4. The SMILES string of the molecule is CCCCCN(C)c1cccc(Cl)c1CNCC. The number of nitrogens with one attached hydrogen (secondary N) is 1. The van der Waals surface area contributed by atoms with Crippen molar-refractivity contribution in [1.29, 1.82) is 0 Å². The van der Waals surface area contributed by atoms with E-state index in [1.807, 2.05) is 12.1 Å². The summed E-state index contributed by atoms with van der Waals surface area (Å²) in [5, 5.41) is 4.21. The lowest BCUT2D eigenvalue weighted by Gasteiger charge is -2.23. The van der Waals surface area contributed by atoms with Gasteiger partial charge in [-0.3, -0.25) is 0 Å². The molecule has 0 aliphatic carbocycles. The van der Waals surface area contributed by atoms with Crippen LogP contribution >= 0.6 is 11.6 Å². The Labute approximate surface area is 116 Å². The number of halogens is 1. The topological polar surface area (TPSA) is 15.3 Å². The standard InChI is InChI=1S/C15H25ClN2/c1-4-6-7-11-18(3)15-10-8-9-14(16)13(15)12-17-5-2/h8-10,17H,4-7,11-12H2,1-3H3. The van der Waals surface area contributed by atoms with Gasteiger partial charge in [-0.2, -0.15) is 0 Å². The molecule has 0 fully saturated rings. The average Bonchev–Trinajstić information content (AvgIpc) is 2.37. The minimum atomic E-state index is 0.837. The van der Waals surface area contributed by atoms with Gasteiger partial charge in [-0.25, -0.2) is 0 Å².